The van der Waals surface area contributed by atoms with Gasteiger partial charge >= 0.3 is 0 Å². The van der Waals surface area contributed by atoms with Gasteiger partial charge in [-0.1, -0.05) is 12.1 Å². The Morgan fingerprint density at radius 2 is 2.17 bits per heavy atom. The lowest BCUT2D eigenvalue weighted by atomic mass is 10.0. The summed E-state index contributed by atoms with van der Waals surface area (Å²) in [6.07, 6.45) is 5.40. The maximum Gasteiger partial charge on any atom is 0.253 e. The van der Waals surface area contributed by atoms with E-state index in [1.54, 1.807) is 7.11 Å². The molecular formula is C18H22N2O3. The summed E-state index contributed by atoms with van der Waals surface area (Å²) in [7, 11) is 1.63. The van der Waals surface area contributed by atoms with Crippen molar-refractivity contribution < 1.29 is 14.3 Å². The zero-order valence-electron chi connectivity index (χ0n) is 13.4. The molecule has 5 nitrogen and oxygen atoms in total. The van der Waals surface area contributed by atoms with Crippen LogP contribution in [0, 0.1) is 0 Å². The minimum atomic E-state index is 0.104. The van der Waals surface area contributed by atoms with Gasteiger partial charge in [-0.25, -0.2) is 0 Å². The first-order valence-electron chi connectivity index (χ1n) is 8.30. The minimum absolute atomic E-state index is 0.104. The van der Waals surface area contributed by atoms with Crippen LogP contribution in [0.15, 0.2) is 23.8 Å². The van der Waals surface area contributed by atoms with Crippen LogP contribution in [-0.2, 0) is 4.79 Å². The Morgan fingerprint density at radius 1 is 1.30 bits per heavy atom. The number of ether oxygens (including phenoxy) is 2. The first-order chi connectivity index (χ1) is 11.2. The van der Waals surface area contributed by atoms with E-state index in [2.05, 4.69) is 5.32 Å². The number of likely N-dealkylation sites (tertiary alicyclic amines) is 1. The van der Waals surface area contributed by atoms with E-state index in [-0.39, 0.29) is 5.91 Å². The van der Waals surface area contributed by atoms with Crippen molar-refractivity contribution in [2.24, 2.45) is 0 Å². The lowest BCUT2D eigenvalue weighted by Crippen LogP contribution is -2.40. The van der Waals surface area contributed by atoms with Crippen molar-refractivity contribution in [1.29, 1.82) is 0 Å². The van der Waals surface area contributed by atoms with Crippen molar-refractivity contribution in [3.63, 3.8) is 0 Å². The molecule has 0 saturated carbocycles. The van der Waals surface area contributed by atoms with Crippen LogP contribution in [0.1, 0.15) is 24.8 Å². The molecule has 1 aromatic carbocycles. The highest BCUT2D eigenvalue weighted by molar-refractivity contribution is 5.99. The van der Waals surface area contributed by atoms with Crippen molar-refractivity contribution in [3.8, 4) is 11.5 Å². The monoisotopic (exact) mass is 314 g/mol. The lowest BCUT2D eigenvalue weighted by Gasteiger charge is -2.27. The normalized spacial score (nSPS) is 26.0. The van der Waals surface area contributed by atoms with Crippen LogP contribution in [0.5, 0.6) is 11.5 Å². The molecule has 1 N–H and O–H groups in total. The fourth-order valence-corrected chi connectivity index (χ4v) is 3.80. The van der Waals surface area contributed by atoms with Gasteiger partial charge in [-0.15, -0.1) is 0 Å². The molecule has 0 aliphatic carbocycles. The van der Waals surface area contributed by atoms with Crippen LogP contribution in [-0.4, -0.2) is 49.7 Å². The fourth-order valence-electron chi connectivity index (χ4n) is 3.80. The highest BCUT2D eigenvalue weighted by Gasteiger charge is 2.32. The number of carbonyl (C=O) groups is 1. The predicted molar refractivity (Wildman–Crippen MR) is 87.6 cm³/mol. The Hall–Kier alpha value is -2.01. The third kappa shape index (κ3) is 2.70. The van der Waals surface area contributed by atoms with E-state index in [0.717, 1.165) is 36.4 Å². The Balaban J connectivity index is 1.55. The molecule has 0 aromatic heterocycles. The topological polar surface area (TPSA) is 50.8 Å². The number of amides is 1. The molecule has 122 valence electrons. The summed E-state index contributed by atoms with van der Waals surface area (Å²) in [5, 5.41) is 3.61. The average Bonchev–Trinajstić information content (AvgIpc) is 2.92. The van der Waals surface area contributed by atoms with Crippen LogP contribution in [0.2, 0.25) is 0 Å². The quantitative estimate of drug-likeness (QED) is 0.905. The summed E-state index contributed by atoms with van der Waals surface area (Å²) in [5.41, 5.74) is 1.64. The summed E-state index contributed by atoms with van der Waals surface area (Å²) in [6.45, 7) is 1.94. The summed E-state index contributed by atoms with van der Waals surface area (Å²) in [6, 6.07) is 6.77. The first kappa shape index (κ1) is 14.6. The van der Waals surface area contributed by atoms with Gasteiger partial charge in [0.2, 0.25) is 0 Å². The second-order valence-corrected chi connectivity index (χ2v) is 6.51. The van der Waals surface area contributed by atoms with Gasteiger partial charge in [0.05, 0.1) is 12.7 Å². The number of nitrogens with one attached hydrogen (secondary N) is 1. The SMILES string of the molecule is COc1cccc2c1OCC(C(=O)N1CCC3CCC(C1)N3)=C2. The number of nitrogens with zero attached hydrogens (tertiary/aromatic N) is 1. The molecule has 2 bridgehead atoms. The van der Waals surface area contributed by atoms with E-state index in [0.29, 0.717) is 24.4 Å². The summed E-state index contributed by atoms with van der Waals surface area (Å²) >= 11 is 0. The second-order valence-electron chi connectivity index (χ2n) is 6.51. The largest absolute Gasteiger partial charge is 0.493 e. The van der Waals surface area contributed by atoms with Gasteiger partial charge in [-0.3, -0.25) is 4.79 Å². The molecule has 4 rings (SSSR count). The van der Waals surface area contributed by atoms with Gasteiger partial charge in [0, 0.05) is 30.7 Å². The maximum atomic E-state index is 12.9. The Kier molecular flexibility index (Phi) is 3.73. The molecule has 5 heteroatoms. The summed E-state index contributed by atoms with van der Waals surface area (Å²) in [4.78, 5) is 14.8. The van der Waals surface area contributed by atoms with E-state index in [9.17, 15) is 4.79 Å². The van der Waals surface area contributed by atoms with E-state index >= 15 is 0 Å². The van der Waals surface area contributed by atoms with Crippen molar-refractivity contribution in [2.75, 3.05) is 26.8 Å². The molecule has 1 aromatic rings. The number of para-hydroxylation sites is 1. The van der Waals surface area contributed by atoms with Gasteiger partial charge in [-0.2, -0.15) is 0 Å². The van der Waals surface area contributed by atoms with E-state index in [1.807, 2.05) is 29.2 Å². The number of hydrogen-bond donors (Lipinski definition) is 1. The van der Waals surface area contributed by atoms with Crippen molar-refractivity contribution in [1.82, 2.24) is 10.2 Å². The molecule has 3 heterocycles. The number of methoxy groups -OCH3 is 1. The molecule has 3 aliphatic rings. The molecule has 0 spiro atoms. The Labute approximate surface area is 136 Å². The molecule has 1 amide bonds. The fraction of sp³-hybridized carbons (Fsp3) is 0.500. The molecule has 2 unspecified atom stereocenters. The zero-order chi connectivity index (χ0) is 15.8. The molecule has 2 saturated heterocycles. The van der Waals surface area contributed by atoms with Gasteiger partial charge in [-0.05, 0) is 31.4 Å². The van der Waals surface area contributed by atoms with Crippen molar-refractivity contribution in [2.45, 2.75) is 31.3 Å². The van der Waals surface area contributed by atoms with Crippen LogP contribution < -0.4 is 14.8 Å². The van der Waals surface area contributed by atoms with Gasteiger partial charge < -0.3 is 19.7 Å². The van der Waals surface area contributed by atoms with Crippen LogP contribution in [0.3, 0.4) is 0 Å². The lowest BCUT2D eigenvalue weighted by molar-refractivity contribution is -0.127. The number of rotatable bonds is 2. The predicted octanol–water partition coefficient (Wildman–Crippen LogP) is 1.82. The average molecular weight is 314 g/mol. The highest BCUT2D eigenvalue weighted by atomic mass is 16.5. The van der Waals surface area contributed by atoms with Crippen LogP contribution >= 0.6 is 0 Å². The van der Waals surface area contributed by atoms with Gasteiger partial charge in [0.15, 0.2) is 11.5 Å². The van der Waals surface area contributed by atoms with Crippen molar-refractivity contribution >= 4 is 12.0 Å². The molecule has 2 fully saturated rings. The summed E-state index contributed by atoms with van der Waals surface area (Å²) < 4.78 is 11.1. The summed E-state index contributed by atoms with van der Waals surface area (Å²) in [5.74, 6) is 1.54. The molecular weight excluding hydrogens is 292 g/mol. The number of hydrogen-bond acceptors (Lipinski definition) is 4. The maximum absolute atomic E-state index is 12.9. The minimum Gasteiger partial charge on any atom is -0.493 e. The van der Waals surface area contributed by atoms with Gasteiger partial charge in [0.25, 0.3) is 5.91 Å². The van der Waals surface area contributed by atoms with Crippen molar-refractivity contribution in [3.05, 3.63) is 29.3 Å². The highest BCUT2D eigenvalue weighted by Crippen LogP contribution is 2.36. The van der Waals surface area contributed by atoms with Crippen LogP contribution in [0.25, 0.3) is 6.08 Å². The van der Waals surface area contributed by atoms with Gasteiger partial charge in [0.1, 0.15) is 6.61 Å². The smallest absolute Gasteiger partial charge is 0.253 e. The number of benzene rings is 1. The Bertz CT molecular complexity index is 656. The molecule has 23 heavy (non-hydrogen) atoms. The van der Waals surface area contributed by atoms with Crippen LogP contribution in [0.4, 0.5) is 0 Å². The van der Waals surface area contributed by atoms with E-state index < -0.39 is 0 Å². The molecule has 2 atom stereocenters. The second kappa shape index (κ2) is 5.89. The first-order valence-corrected chi connectivity index (χ1v) is 8.30. The van der Waals surface area contributed by atoms with E-state index in [1.165, 1.54) is 12.8 Å². The molecule has 0 radical (unpaired) electrons. The third-order valence-corrected chi connectivity index (χ3v) is 5.02. The standard InChI is InChI=1S/C18H22N2O3/c1-22-16-4-2-3-12-9-13(11-23-17(12)16)18(21)20-8-7-14-5-6-15(10-20)19-14/h2-4,9,14-15,19H,5-8,10-11H2,1H3. The third-order valence-electron chi connectivity index (χ3n) is 5.02. The molecule has 3 aliphatic heterocycles. The zero-order valence-corrected chi connectivity index (χ0v) is 13.4. The Morgan fingerprint density at radius 3 is 3.04 bits per heavy atom. The van der Waals surface area contributed by atoms with E-state index in [4.69, 9.17) is 9.47 Å². The number of carbonyl (C=O) groups excluding carboxylic acids is 1. The number of fused-ring (bicyclic) bond motifs is 3.